The molecule has 32 heavy (non-hydrogen) atoms. The number of hydrogen-bond acceptors (Lipinski definition) is 5. The minimum absolute atomic E-state index is 0.0257. The Balaban J connectivity index is 1.35. The number of rotatable bonds is 5. The Labute approximate surface area is 182 Å². The third kappa shape index (κ3) is 3.72. The van der Waals surface area contributed by atoms with Crippen LogP contribution in [0.25, 0.3) is 33.5 Å². The maximum atomic E-state index is 12.6. The van der Waals surface area contributed by atoms with Gasteiger partial charge in [-0.25, -0.2) is 18.5 Å². The Morgan fingerprint density at radius 1 is 1.00 bits per heavy atom. The Morgan fingerprint density at radius 3 is 2.56 bits per heavy atom. The largest absolute Gasteiger partial charge is 0.348 e. The molecule has 5 aromatic rings. The molecule has 2 aromatic heterocycles. The van der Waals surface area contributed by atoms with Crippen LogP contribution in [0.4, 0.5) is 0 Å². The van der Waals surface area contributed by atoms with E-state index in [-0.39, 0.29) is 17.3 Å². The molecule has 0 atom stereocenters. The number of nitrogens with one attached hydrogen (secondary N) is 3. The third-order valence-electron chi connectivity index (χ3n) is 5.14. The summed E-state index contributed by atoms with van der Waals surface area (Å²) in [4.78, 5) is 20.5. The quantitative estimate of drug-likeness (QED) is 0.328. The first-order valence-corrected chi connectivity index (χ1v) is 11.3. The molecule has 0 fully saturated rings. The second-order valence-electron chi connectivity index (χ2n) is 7.31. The number of sulfonamides is 1. The molecule has 1 amide bonds. The van der Waals surface area contributed by atoms with E-state index in [0.29, 0.717) is 17.1 Å². The third-order valence-corrected chi connectivity index (χ3v) is 6.07. The van der Waals surface area contributed by atoms with Gasteiger partial charge in [-0.2, -0.15) is 5.10 Å². The van der Waals surface area contributed by atoms with Gasteiger partial charge in [0.25, 0.3) is 5.91 Å². The Morgan fingerprint density at radius 2 is 1.78 bits per heavy atom. The molecule has 5 rings (SSSR count). The molecule has 2 heterocycles. The summed E-state index contributed by atoms with van der Waals surface area (Å²) in [5, 5.41) is 16.2. The van der Waals surface area contributed by atoms with E-state index in [1.807, 2.05) is 24.3 Å². The maximum Gasteiger partial charge on any atom is 0.251 e. The standard InChI is InChI=1S/C22H18N6O3S/c23-32(30,31)15-8-5-13(6-9-15)12-24-22(29)14-7-10-18-19(11-14)26-21(25-18)20-16-3-1-2-4-17(16)27-28-20/h1-11H,12H2,(H,24,29)(H,25,26)(H,27,28)(H2,23,30,31). The second-order valence-corrected chi connectivity index (χ2v) is 8.87. The number of carbonyl (C=O) groups is 1. The van der Waals surface area contributed by atoms with Gasteiger partial charge < -0.3 is 10.3 Å². The lowest BCUT2D eigenvalue weighted by Gasteiger charge is -2.06. The van der Waals surface area contributed by atoms with E-state index < -0.39 is 10.0 Å². The number of benzene rings is 3. The van der Waals surface area contributed by atoms with Gasteiger partial charge in [-0.15, -0.1) is 0 Å². The zero-order chi connectivity index (χ0) is 22.3. The molecular weight excluding hydrogens is 428 g/mol. The van der Waals surface area contributed by atoms with Gasteiger partial charge in [0.15, 0.2) is 5.82 Å². The average Bonchev–Trinajstić information content (AvgIpc) is 3.40. The van der Waals surface area contributed by atoms with Crippen LogP contribution in [0.2, 0.25) is 0 Å². The van der Waals surface area contributed by atoms with E-state index in [1.165, 1.54) is 12.1 Å². The number of fused-ring (bicyclic) bond motifs is 2. The predicted molar refractivity (Wildman–Crippen MR) is 120 cm³/mol. The van der Waals surface area contributed by atoms with Crippen LogP contribution < -0.4 is 10.5 Å². The van der Waals surface area contributed by atoms with Crippen molar-refractivity contribution in [3.8, 4) is 11.5 Å². The van der Waals surface area contributed by atoms with Crippen molar-refractivity contribution in [2.75, 3.05) is 0 Å². The smallest absolute Gasteiger partial charge is 0.251 e. The van der Waals surface area contributed by atoms with Crippen molar-refractivity contribution in [2.45, 2.75) is 11.4 Å². The van der Waals surface area contributed by atoms with Gasteiger partial charge in [-0.3, -0.25) is 9.89 Å². The van der Waals surface area contributed by atoms with Gasteiger partial charge in [0.2, 0.25) is 10.0 Å². The zero-order valence-corrected chi connectivity index (χ0v) is 17.5. The lowest BCUT2D eigenvalue weighted by molar-refractivity contribution is 0.0951. The molecule has 0 bridgehead atoms. The van der Waals surface area contributed by atoms with Crippen molar-refractivity contribution in [3.05, 3.63) is 77.9 Å². The Bertz CT molecular complexity index is 1570. The molecule has 0 saturated heterocycles. The molecule has 0 spiro atoms. The van der Waals surface area contributed by atoms with E-state index in [0.717, 1.165) is 27.5 Å². The monoisotopic (exact) mass is 446 g/mol. The number of hydrogen-bond donors (Lipinski definition) is 4. The van der Waals surface area contributed by atoms with Crippen molar-refractivity contribution >= 4 is 37.9 Å². The summed E-state index contributed by atoms with van der Waals surface area (Å²) in [5.41, 5.74) is 4.30. The van der Waals surface area contributed by atoms with Crippen LogP contribution in [0.1, 0.15) is 15.9 Å². The lowest BCUT2D eigenvalue weighted by atomic mass is 10.1. The summed E-state index contributed by atoms with van der Waals surface area (Å²) in [6.45, 7) is 0.245. The number of nitrogens with two attached hydrogens (primary N) is 1. The van der Waals surface area contributed by atoms with Gasteiger partial charge in [0, 0.05) is 17.5 Å². The molecule has 5 N–H and O–H groups in total. The summed E-state index contributed by atoms with van der Waals surface area (Å²) in [6.07, 6.45) is 0. The first-order valence-electron chi connectivity index (χ1n) is 9.72. The van der Waals surface area contributed by atoms with E-state index >= 15 is 0 Å². The van der Waals surface area contributed by atoms with Crippen LogP contribution in [0.15, 0.2) is 71.6 Å². The fourth-order valence-corrected chi connectivity index (χ4v) is 4.00. The maximum absolute atomic E-state index is 12.6. The van der Waals surface area contributed by atoms with E-state index in [1.54, 1.807) is 30.3 Å². The SMILES string of the molecule is NS(=O)(=O)c1ccc(CNC(=O)c2ccc3nc(-c4n[nH]c5ccccc45)[nH]c3c2)cc1. The average molecular weight is 446 g/mol. The molecule has 0 aliphatic carbocycles. The lowest BCUT2D eigenvalue weighted by Crippen LogP contribution is -2.22. The number of imidazole rings is 1. The van der Waals surface area contributed by atoms with Crippen LogP contribution >= 0.6 is 0 Å². The molecule has 10 heteroatoms. The highest BCUT2D eigenvalue weighted by Gasteiger charge is 2.14. The van der Waals surface area contributed by atoms with Crippen molar-refractivity contribution in [1.82, 2.24) is 25.5 Å². The molecule has 0 aliphatic rings. The van der Waals surface area contributed by atoms with Gasteiger partial charge in [-0.1, -0.05) is 30.3 Å². The topological polar surface area (TPSA) is 147 Å². The van der Waals surface area contributed by atoms with E-state index in [2.05, 4.69) is 25.5 Å². The van der Waals surface area contributed by atoms with Crippen LogP contribution in [-0.4, -0.2) is 34.5 Å². The van der Waals surface area contributed by atoms with Gasteiger partial charge in [-0.05, 0) is 42.0 Å². The highest BCUT2D eigenvalue weighted by molar-refractivity contribution is 7.89. The van der Waals surface area contributed by atoms with Gasteiger partial charge in [0.1, 0.15) is 5.69 Å². The summed E-state index contributed by atoms with van der Waals surface area (Å²) >= 11 is 0. The molecule has 9 nitrogen and oxygen atoms in total. The number of primary sulfonamides is 1. The Hall–Kier alpha value is -4.02. The minimum Gasteiger partial charge on any atom is -0.348 e. The van der Waals surface area contributed by atoms with Crippen LogP contribution in [0, 0.1) is 0 Å². The van der Waals surface area contributed by atoms with E-state index in [9.17, 15) is 13.2 Å². The van der Waals surface area contributed by atoms with Crippen LogP contribution in [0.3, 0.4) is 0 Å². The molecule has 0 radical (unpaired) electrons. The second kappa shape index (κ2) is 7.59. The Kier molecular flexibility index (Phi) is 4.72. The van der Waals surface area contributed by atoms with E-state index in [4.69, 9.17) is 5.14 Å². The molecular formula is C22H18N6O3S. The zero-order valence-electron chi connectivity index (χ0n) is 16.7. The number of carbonyl (C=O) groups excluding carboxylic acids is 1. The summed E-state index contributed by atoms with van der Waals surface area (Å²) < 4.78 is 22.7. The number of aromatic nitrogens is 4. The summed E-state index contributed by atoms with van der Waals surface area (Å²) in [6, 6.07) is 19.0. The number of H-pyrrole nitrogens is 2. The number of aromatic amines is 2. The fraction of sp³-hybridized carbons (Fsp3) is 0.0455. The van der Waals surface area contributed by atoms with Crippen molar-refractivity contribution in [2.24, 2.45) is 5.14 Å². The minimum atomic E-state index is -3.74. The highest BCUT2D eigenvalue weighted by atomic mass is 32.2. The first kappa shape index (κ1) is 19.9. The summed E-state index contributed by atoms with van der Waals surface area (Å²) in [5.74, 6) is 0.355. The predicted octanol–water partition coefficient (Wildman–Crippen LogP) is 2.68. The normalized spacial score (nSPS) is 11.8. The number of amides is 1. The fourth-order valence-electron chi connectivity index (χ4n) is 3.49. The number of para-hydroxylation sites is 1. The van der Waals surface area contributed by atoms with Crippen molar-refractivity contribution < 1.29 is 13.2 Å². The number of nitrogens with zero attached hydrogens (tertiary/aromatic N) is 2. The van der Waals surface area contributed by atoms with Crippen molar-refractivity contribution in [1.29, 1.82) is 0 Å². The molecule has 160 valence electrons. The molecule has 3 aromatic carbocycles. The van der Waals surface area contributed by atoms with Crippen LogP contribution in [0.5, 0.6) is 0 Å². The van der Waals surface area contributed by atoms with Gasteiger partial charge in [0.05, 0.1) is 21.4 Å². The first-order chi connectivity index (χ1) is 15.4. The highest BCUT2D eigenvalue weighted by Crippen LogP contribution is 2.26. The van der Waals surface area contributed by atoms with Crippen LogP contribution in [-0.2, 0) is 16.6 Å². The molecule has 0 saturated carbocycles. The van der Waals surface area contributed by atoms with Gasteiger partial charge >= 0.3 is 0 Å². The molecule has 0 aliphatic heterocycles. The molecule has 0 unspecified atom stereocenters. The van der Waals surface area contributed by atoms with Crippen molar-refractivity contribution in [3.63, 3.8) is 0 Å². The summed E-state index contributed by atoms with van der Waals surface area (Å²) in [7, 11) is -3.74.